The highest BCUT2D eigenvalue weighted by Crippen LogP contribution is 2.50. The summed E-state index contributed by atoms with van der Waals surface area (Å²) < 4.78 is 24.5. The quantitative estimate of drug-likeness (QED) is 0.481. The molecular weight excluding hydrogens is 334 g/mol. The van der Waals surface area contributed by atoms with E-state index < -0.39 is 8.45 Å². The predicted octanol–water partition coefficient (Wildman–Crippen LogP) is 5.85. The fraction of sp³-hybridized carbons (Fsp3) is 0.700. The van der Waals surface area contributed by atoms with Gasteiger partial charge in [0.25, 0.3) is 0 Å². The first-order valence-corrected chi connectivity index (χ1v) is 10.6. The van der Waals surface area contributed by atoms with Crippen LogP contribution in [0.5, 0.6) is 0 Å². The number of nitrogens with zero attached hydrogens (tertiary/aromatic N) is 2. The van der Waals surface area contributed by atoms with Gasteiger partial charge in [-0.15, -0.1) is 0 Å². The van der Waals surface area contributed by atoms with Crippen molar-refractivity contribution in [1.82, 2.24) is 9.34 Å². The standard InChI is InChI=1S/C20H36FN2OP/c1-15(2)22(16(3)4)25(23(17(5)6)18(7)8)24-14-13-19-9-11-20(21)12-10-19/h9-12,15-18H,13-14H2,1-8H3. The van der Waals surface area contributed by atoms with Crippen molar-refractivity contribution >= 4 is 8.45 Å². The van der Waals surface area contributed by atoms with Crippen LogP contribution in [-0.4, -0.2) is 40.1 Å². The number of rotatable bonds is 10. The smallest absolute Gasteiger partial charge is 0.188 e. The molecule has 0 aromatic heterocycles. The highest BCUT2D eigenvalue weighted by Gasteiger charge is 2.34. The fourth-order valence-corrected chi connectivity index (χ4v) is 5.47. The highest BCUT2D eigenvalue weighted by molar-refractivity contribution is 7.47. The van der Waals surface area contributed by atoms with Crippen LogP contribution in [0.25, 0.3) is 0 Å². The Kier molecular flexibility index (Phi) is 9.51. The van der Waals surface area contributed by atoms with Crippen molar-refractivity contribution in [2.75, 3.05) is 6.61 Å². The topological polar surface area (TPSA) is 15.7 Å². The van der Waals surface area contributed by atoms with Crippen LogP contribution in [0.2, 0.25) is 0 Å². The van der Waals surface area contributed by atoms with Gasteiger partial charge in [0, 0.05) is 24.2 Å². The van der Waals surface area contributed by atoms with Crippen LogP contribution in [0.4, 0.5) is 4.39 Å². The zero-order valence-electron chi connectivity index (χ0n) is 17.2. The molecule has 0 N–H and O–H groups in total. The van der Waals surface area contributed by atoms with E-state index in [1.54, 1.807) is 0 Å². The largest absolute Gasteiger partial charge is 0.331 e. The number of hydrogen-bond donors (Lipinski definition) is 0. The summed E-state index contributed by atoms with van der Waals surface area (Å²) >= 11 is 0. The Morgan fingerprint density at radius 3 is 1.56 bits per heavy atom. The van der Waals surface area contributed by atoms with Crippen LogP contribution in [0, 0.1) is 5.82 Å². The van der Waals surface area contributed by atoms with Gasteiger partial charge < -0.3 is 4.52 Å². The van der Waals surface area contributed by atoms with Crippen LogP contribution in [0.1, 0.15) is 61.0 Å². The van der Waals surface area contributed by atoms with Crippen LogP contribution in [0.3, 0.4) is 0 Å². The molecule has 3 nitrogen and oxygen atoms in total. The van der Waals surface area contributed by atoms with E-state index in [1.165, 1.54) is 12.1 Å². The minimum Gasteiger partial charge on any atom is -0.331 e. The Labute approximate surface area is 155 Å². The zero-order chi connectivity index (χ0) is 19.1. The van der Waals surface area contributed by atoms with Gasteiger partial charge >= 0.3 is 0 Å². The minimum atomic E-state index is -0.855. The maximum Gasteiger partial charge on any atom is 0.188 e. The third-order valence-corrected chi connectivity index (χ3v) is 7.07. The van der Waals surface area contributed by atoms with Crippen LogP contribution in [0.15, 0.2) is 24.3 Å². The summed E-state index contributed by atoms with van der Waals surface area (Å²) in [4.78, 5) is 0. The third-order valence-electron chi connectivity index (χ3n) is 4.02. The predicted molar refractivity (Wildman–Crippen MR) is 107 cm³/mol. The molecule has 0 radical (unpaired) electrons. The van der Waals surface area contributed by atoms with Crippen molar-refractivity contribution in [1.29, 1.82) is 0 Å². The molecule has 5 heteroatoms. The van der Waals surface area contributed by atoms with E-state index in [-0.39, 0.29) is 5.82 Å². The molecule has 0 saturated heterocycles. The first-order chi connectivity index (χ1) is 11.6. The summed E-state index contributed by atoms with van der Waals surface area (Å²) in [6.07, 6.45) is 0.799. The van der Waals surface area contributed by atoms with Gasteiger partial charge in [-0.3, -0.25) is 0 Å². The molecule has 0 heterocycles. The van der Waals surface area contributed by atoms with Gasteiger partial charge in [-0.05, 0) is 79.5 Å². The molecule has 0 bridgehead atoms. The van der Waals surface area contributed by atoms with Crippen molar-refractivity contribution in [2.45, 2.75) is 86.0 Å². The molecule has 0 spiro atoms. The first kappa shape index (κ1) is 22.5. The van der Waals surface area contributed by atoms with Crippen molar-refractivity contribution in [2.24, 2.45) is 0 Å². The lowest BCUT2D eigenvalue weighted by atomic mass is 10.2. The molecule has 1 aromatic rings. The molecule has 25 heavy (non-hydrogen) atoms. The van der Waals surface area contributed by atoms with Crippen molar-refractivity contribution in [3.63, 3.8) is 0 Å². The second-order valence-corrected chi connectivity index (χ2v) is 9.28. The van der Waals surface area contributed by atoms with E-state index in [9.17, 15) is 4.39 Å². The molecule has 1 rings (SSSR count). The van der Waals surface area contributed by atoms with E-state index in [1.807, 2.05) is 12.1 Å². The van der Waals surface area contributed by atoms with Gasteiger partial charge in [0.05, 0.1) is 6.61 Å². The average molecular weight is 370 g/mol. The molecule has 0 atom stereocenters. The molecule has 144 valence electrons. The van der Waals surface area contributed by atoms with Crippen LogP contribution < -0.4 is 0 Å². The molecule has 0 aliphatic rings. The van der Waals surface area contributed by atoms with Gasteiger partial charge in [0.2, 0.25) is 0 Å². The molecule has 0 aliphatic heterocycles. The number of halogens is 1. The Bertz CT molecular complexity index is 455. The lowest BCUT2D eigenvalue weighted by Crippen LogP contribution is -2.43. The lowest BCUT2D eigenvalue weighted by Gasteiger charge is -2.45. The molecular formula is C20H36FN2OP. The maximum atomic E-state index is 13.1. The molecule has 1 aromatic carbocycles. The number of benzene rings is 1. The monoisotopic (exact) mass is 370 g/mol. The summed E-state index contributed by atoms with van der Waals surface area (Å²) in [5.41, 5.74) is 1.11. The third kappa shape index (κ3) is 6.94. The summed E-state index contributed by atoms with van der Waals surface area (Å²) in [6, 6.07) is 8.36. The van der Waals surface area contributed by atoms with Crippen LogP contribution >= 0.6 is 8.45 Å². The average Bonchev–Trinajstić information content (AvgIpc) is 2.47. The van der Waals surface area contributed by atoms with Crippen molar-refractivity contribution in [3.8, 4) is 0 Å². The second-order valence-electron chi connectivity index (χ2n) is 7.60. The lowest BCUT2D eigenvalue weighted by molar-refractivity contribution is 0.188. The van der Waals surface area contributed by atoms with Gasteiger partial charge in [-0.2, -0.15) is 0 Å². The summed E-state index contributed by atoms with van der Waals surface area (Å²) in [7, 11) is -0.855. The normalized spacial score (nSPS) is 12.8. The molecule has 0 fully saturated rings. The van der Waals surface area contributed by atoms with Crippen molar-refractivity contribution < 1.29 is 8.91 Å². The van der Waals surface area contributed by atoms with Gasteiger partial charge in [0.15, 0.2) is 8.45 Å². The highest BCUT2D eigenvalue weighted by atomic mass is 31.2. The Morgan fingerprint density at radius 2 is 1.20 bits per heavy atom. The molecule has 0 amide bonds. The van der Waals surface area contributed by atoms with E-state index >= 15 is 0 Å². The number of hydrogen-bond acceptors (Lipinski definition) is 3. The Balaban J connectivity index is 2.91. The summed E-state index contributed by atoms with van der Waals surface area (Å²) in [6.45, 7) is 18.5. The zero-order valence-corrected chi connectivity index (χ0v) is 18.1. The SMILES string of the molecule is CC(C)N(C(C)C)P(OCCc1ccc(F)cc1)N(C(C)C)C(C)C. The molecule has 0 aliphatic carbocycles. The van der Waals surface area contributed by atoms with E-state index in [4.69, 9.17) is 4.52 Å². The fourth-order valence-electron chi connectivity index (χ4n) is 3.13. The van der Waals surface area contributed by atoms with Crippen molar-refractivity contribution in [3.05, 3.63) is 35.6 Å². The summed E-state index contributed by atoms with van der Waals surface area (Å²) in [5, 5.41) is 0. The van der Waals surface area contributed by atoms with Gasteiger partial charge in [0.1, 0.15) is 5.82 Å². The second kappa shape index (κ2) is 10.6. The Hall–Kier alpha value is -0.540. The van der Waals surface area contributed by atoms with E-state index in [2.05, 4.69) is 64.7 Å². The minimum absolute atomic E-state index is 0.191. The molecule has 0 saturated carbocycles. The maximum absolute atomic E-state index is 13.1. The summed E-state index contributed by atoms with van der Waals surface area (Å²) in [5.74, 6) is -0.191. The van der Waals surface area contributed by atoms with E-state index in [0.717, 1.165) is 12.0 Å². The van der Waals surface area contributed by atoms with Gasteiger partial charge in [-0.1, -0.05) is 12.1 Å². The van der Waals surface area contributed by atoms with Gasteiger partial charge in [-0.25, -0.2) is 13.7 Å². The Morgan fingerprint density at radius 1 is 0.800 bits per heavy atom. The first-order valence-electron chi connectivity index (χ1n) is 9.39. The van der Waals surface area contributed by atoms with E-state index in [0.29, 0.717) is 30.8 Å². The molecule has 0 unspecified atom stereocenters. The van der Waals surface area contributed by atoms with Crippen LogP contribution in [-0.2, 0) is 10.9 Å².